The highest BCUT2D eigenvalue weighted by atomic mass is 35.5. The Kier molecular flexibility index (Phi) is 6.56. The maximum Gasteiger partial charge on any atom is 0.326 e. The number of hydrogen-bond acceptors (Lipinski definition) is 7. The van der Waals surface area contributed by atoms with Gasteiger partial charge in [-0.1, -0.05) is 6.07 Å². The van der Waals surface area contributed by atoms with Crippen molar-refractivity contribution in [2.45, 2.75) is 0 Å². The zero-order chi connectivity index (χ0) is 20.6. The van der Waals surface area contributed by atoms with Crippen LogP contribution in [0, 0.1) is 5.82 Å². The van der Waals surface area contributed by atoms with Gasteiger partial charge in [-0.25, -0.2) is 13.4 Å². The molecule has 0 atom stereocenters. The molecule has 30 heavy (non-hydrogen) atoms. The monoisotopic (exact) mass is 461 g/mol. The number of carbonyl (C=O) groups is 1. The van der Waals surface area contributed by atoms with E-state index >= 15 is 4.39 Å². The Hall–Kier alpha value is -2.34. The van der Waals surface area contributed by atoms with E-state index in [1.54, 1.807) is 16.9 Å². The molecule has 2 heterocycles. The van der Waals surface area contributed by atoms with Crippen molar-refractivity contribution in [3.63, 3.8) is 0 Å². The molecule has 0 aromatic heterocycles. The molecular formula is C18H21ClFN3O6S. The highest BCUT2D eigenvalue weighted by Crippen LogP contribution is 2.39. The highest BCUT2D eigenvalue weighted by Gasteiger charge is 2.37. The first-order valence-electron chi connectivity index (χ1n) is 9.06. The lowest BCUT2D eigenvalue weighted by atomic mass is 10.1. The van der Waals surface area contributed by atoms with Crippen LogP contribution in [0.4, 0.5) is 10.1 Å². The number of halogens is 2. The van der Waals surface area contributed by atoms with Crippen LogP contribution < -0.4 is 13.8 Å². The van der Waals surface area contributed by atoms with Gasteiger partial charge in [-0.3, -0.25) is 9.69 Å². The van der Waals surface area contributed by atoms with Crippen LogP contribution in [0.1, 0.15) is 0 Å². The molecular weight excluding hydrogens is 441 g/mol. The van der Waals surface area contributed by atoms with E-state index in [0.717, 1.165) is 13.1 Å². The summed E-state index contributed by atoms with van der Waals surface area (Å²) in [6.45, 7) is 3.52. The molecule has 0 unspecified atom stereocenters. The van der Waals surface area contributed by atoms with E-state index in [2.05, 4.69) is 4.90 Å². The molecule has 0 aliphatic carbocycles. The molecule has 1 amide bonds. The van der Waals surface area contributed by atoms with Crippen LogP contribution in [-0.4, -0.2) is 70.3 Å². The minimum atomic E-state index is -4.25. The second kappa shape index (κ2) is 8.80. The van der Waals surface area contributed by atoms with Gasteiger partial charge in [0.05, 0.1) is 13.2 Å². The first kappa shape index (κ1) is 22.3. The summed E-state index contributed by atoms with van der Waals surface area (Å²) >= 11 is 0. The molecule has 2 aliphatic rings. The molecule has 0 saturated carbocycles. The number of fused-ring (bicyclic) bond motifs is 1. The number of morpholine rings is 1. The maximum atomic E-state index is 15.2. The smallest absolute Gasteiger partial charge is 0.326 e. The molecule has 9 nitrogen and oxygen atoms in total. The Morgan fingerprint density at radius 3 is 2.63 bits per heavy atom. The van der Waals surface area contributed by atoms with Gasteiger partial charge >= 0.3 is 10.2 Å². The molecule has 2 aliphatic heterocycles. The molecule has 12 heteroatoms. The summed E-state index contributed by atoms with van der Waals surface area (Å²) in [5.74, 6) is -1.90. The number of amides is 1. The normalized spacial score (nSPS) is 18.8. The van der Waals surface area contributed by atoms with Crippen molar-refractivity contribution in [1.29, 1.82) is 0 Å². The summed E-state index contributed by atoms with van der Waals surface area (Å²) in [4.78, 5) is 13.7. The maximum absolute atomic E-state index is 15.2. The standard InChI is InChI=1S/C18H20FN3O6S.ClH/c19-17-14-10-13(28-8-5-21-3-6-27-7-4-21)2-1-12(14)9-15(23)18(17)22-11-16(24)20-29(22,25)26;/h1-2,9-10,23H,3-8,11H2,(H,20,24);1H. The summed E-state index contributed by atoms with van der Waals surface area (Å²) in [6, 6.07) is 5.93. The molecule has 0 radical (unpaired) electrons. The Labute approximate surface area is 178 Å². The lowest BCUT2D eigenvalue weighted by molar-refractivity contribution is -0.117. The third-order valence-corrected chi connectivity index (χ3v) is 6.23. The summed E-state index contributed by atoms with van der Waals surface area (Å²) in [5, 5.41) is 10.6. The highest BCUT2D eigenvalue weighted by molar-refractivity contribution is 7.92. The largest absolute Gasteiger partial charge is 0.506 e. The van der Waals surface area contributed by atoms with E-state index in [0.29, 0.717) is 41.8 Å². The number of rotatable bonds is 5. The molecule has 0 bridgehead atoms. The number of anilines is 1. The van der Waals surface area contributed by atoms with E-state index in [-0.39, 0.29) is 17.8 Å². The molecule has 2 aromatic rings. The topological polar surface area (TPSA) is 108 Å². The SMILES string of the molecule is Cl.O=C1CN(c2c(O)cc3ccc(OCCN4CCOCC4)cc3c2F)S(=O)(=O)N1. The van der Waals surface area contributed by atoms with Crippen LogP contribution in [-0.2, 0) is 19.7 Å². The van der Waals surface area contributed by atoms with Crippen molar-refractivity contribution in [3.05, 3.63) is 30.1 Å². The number of phenols is 1. The third kappa shape index (κ3) is 4.38. The van der Waals surface area contributed by atoms with Gasteiger partial charge in [0.25, 0.3) is 5.91 Å². The van der Waals surface area contributed by atoms with Gasteiger partial charge in [-0.15, -0.1) is 12.4 Å². The fourth-order valence-corrected chi connectivity index (χ4v) is 4.56. The number of hydrogen-bond donors (Lipinski definition) is 2. The molecule has 4 rings (SSSR count). The average molecular weight is 462 g/mol. The summed E-state index contributed by atoms with van der Waals surface area (Å²) in [5.41, 5.74) is -0.568. The van der Waals surface area contributed by atoms with E-state index in [9.17, 15) is 18.3 Å². The fourth-order valence-electron chi connectivity index (χ4n) is 3.40. The van der Waals surface area contributed by atoms with Crippen molar-refractivity contribution >= 4 is 45.0 Å². The predicted molar refractivity (Wildman–Crippen MR) is 110 cm³/mol. The number of nitrogens with one attached hydrogen (secondary N) is 1. The lowest BCUT2D eigenvalue weighted by Crippen LogP contribution is -2.38. The Bertz CT molecular complexity index is 1060. The zero-order valence-electron chi connectivity index (χ0n) is 15.8. The Morgan fingerprint density at radius 1 is 1.23 bits per heavy atom. The number of ether oxygens (including phenoxy) is 2. The van der Waals surface area contributed by atoms with Crippen molar-refractivity contribution in [3.8, 4) is 11.5 Å². The molecule has 2 aromatic carbocycles. The Morgan fingerprint density at radius 2 is 1.97 bits per heavy atom. The first-order chi connectivity index (χ1) is 13.8. The first-order valence-corrected chi connectivity index (χ1v) is 10.5. The van der Waals surface area contributed by atoms with Crippen molar-refractivity contribution in [1.82, 2.24) is 9.62 Å². The number of benzene rings is 2. The number of phenolic OH excluding ortho intramolecular Hbond substituents is 1. The van der Waals surface area contributed by atoms with E-state index in [1.807, 2.05) is 0 Å². The summed E-state index contributed by atoms with van der Waals surface area (Å²) in [6.07, 6.45) is 0. The van der Waals surface area contributed by atoms with Crippen LogP contribution in [0.15, 0.2) is 24.3 Å². The van der Waals surface area contributed by atoms with E-state index < -0.39 is 39.9 Å². The van der Waals surface area contributed by atoms with Crippen LogP contribution in [0.25, 0.3) is 10.8 Å². The van der Waals surface area contributed by atoms with Gasteiger partial charge < -0.3 is 14.6 Å². The quantitative estimate of drug-likeness (QED) is 0.683. The molecule has 2 N–H and O–H groups in total. The van der Waals surface area contributed by atoms with Gasteiger partial charge in [0, 0.05) is 25.0 Å². The van der Waals surface area contributed by atoms with Crippen LogP contribution in [0.2, 0.25) is 0 Å². The fraction of sp³-hybridized carbons (Fsp3) is 0.389. The summed E-state index contributed by atoms with van der Waals surface area (Å²) < 4.78 is 52.5. The van der Waals surface area contributed by atoms with Gasteiger partial charge in [-0.2, -0.15) is 8.42 Å². The lowest BCUT2D eigenvalue weighted by Gasteiger charge is -2.26. The molecule has 164 valence electrons. The number of aromatic hydroxyl groups is 1. The Balaban J connectivity index is 0.00000256. The van der Waals surface area contributed by atoms with Gasteiger partial charge in [0.2, 0.25) is 0 Å². The summed E-state index contributed by atoms with van der Waals surface area (Å²) in [7, 11) is -4.25. The van der Waals surface area contributed by atoms with E-state index in [1.165, 1.54) is 12.1 Å². The van der Waals surface area contributed by atoms with Gasteiger partial charge in [0.1, 0.15) is 30.3 Å². The number of carbonyl (C=O) groups excluding carboxylic acids is 1. The van der Waals surface area contributed by atoms with Crippen molar-refractivity contribution in [2.75, 3.05) is 50.3 Å². The third-order valence-electron chi connectivity index (χ3n) is 4.85. The molecule has 0 spiro atoms. The van der Waals surface area contributed by atoms with Crippen molar-refractivity contribution < 1.29 is 32.2 Å². The average Bonchev–Trinajstić information content (AvgIpc) is 2.95. The number of nitrogens with zero attached hydrogens (tertiary/aromatic N) is 2. The molecule has 2 saturated heterocycles. The zero-order valence-corrected chi connectivity index (χ0v) is 17.5. The van der Waals surface area contributed by atoms with Crippen LogP contribution >= 0.6 is 12.4 Å². The second-order valence-electron chi connectivity index (χ2n) is 6.78. The van der Waals surface area contributed by atoms with Gasteiger partial charge in [0.15, 0.2) is 5.82 Å². The van der Waals surface area contributed by atoms with Crippen molar-refractivity contribution in [2.24, 2.45) is 0 Å². The minimum absolute atomic E-state index is 0. The molecule has 2 fully saturated rings. The predicted octanol–water partition coefficient (Wildman–Crippen LogP) is 0.998. The van der Waals surface area contributed by atoms with E-state index in [4.69, 9.17) is 9.47 Å². The van der Waals surface area contributed by atoms with Crippen LogP contribution in [0.3, 0.4) is 0 Å². The van der Waals surface area contributed by atoms with Crippen LogP contribution in [0.5, 0.6) is 11.5 Å². The van der Waals surface area contributed by atoms with Gasteiger partial charge in [-0.05, 0) is 23.6 Å². The second-order valence-corrected chi connectivity index (χ2v) is 8.38. The minimum Gasteiger partial charge on any atom is -0.506 e.